The van der Waals surface area contributed by atoms with Crippen molar-refractivity contribution in [1.29, 1.82) is 0 Å². The van der Waals surface area contributed by atoms with Crippen molar-refractivity contribution in [3.8, 4) is 0 Å². The molecule has 1 heterocycles. The topological polar surface area (TPSA) is 101 Å². The standard InChI is InChI=1S/C14H24N4O2S/c1-11(18-7-3-2-4-8-18)10-17-12-5-6-14(13(15)9-12)21(16,19)20/h5-6,9,11,17H,2-4,7-8,10,15H2,1H3,(H2,16,19,20). The molecule has 1 aliphatic rings. The second-order valence-corrected chi connectivity index (χ2v) is 7.15. The molecule has 0 bridgehead atoms. The van der Waals surface area contributed by atoms with Crippen LogP contribution in [0.5, 0.6) is 0 Å². The smallest absolute Gasteiger partial charge is 0.240 e. The van der Waals surface area contributed by atoms with Crippen molar-refractivity contribution >= 4 is 21.4 Å². The lowest BCUT2D eigenvalue weighted by Crippen LogP contribution is -2.41. The van der Waals surface area contributed by atoms with E-state index in [9.17, 15) is 8.42 Å². The molecule has 1 fully saturated rings. The Bertz CT molecular complexity index is 583. The van der Waals surface area contributed by atoms with Crippen LogP contribution in [0.1, 0.15) is 26.2 Å². The van der Waals surface area contributed by atoms with E-state index in [1.165, 1.54) is 25.3 Å². The highest BCUT2D eigenvalue weighted by Gasteiger charge is 2.17. The van der Waals surface area contributed by atoms with Crippen molar-refractivity contribution < 1.29 is 8.42 Å². The third-order valence-electron chi connectivity index (χ3n) is 3.93. The highest BCUT2D eigenvalue weighted by atomic mass is 32.2. The molecule has 1 aromatic carbocycles. The number of primary sulfonamides is 1. The van der Waals surface area contributed by atoms with Gasteiger partial charge in [0.1, 0.15) is 4.90 Å². The number of sulfonamides is 1. The molecule has 118 valence electrons. The Kier molecular flexibility index (Phi) is 5.08. The van der Waals surface area contributed by atoms with Crippen LogP contribution >= 0.6 is 0 Å². The Morgan fingerprint density at radius 2 is 1.95 bits per heavy atom. The van der Waals surface area contributed by atoms with Gasteiger partial charge in [-0.15, -0.1) is 0 Å². The molecule has 21 heavy (non-hydrogen) atoms. The molecule has 0 aromatic heterocycles. The maximum atomic E-state index is 11.3. The van der Waals surface area contributed by atoms with Crippen LogP contribution in [0.4, 0.5) is 11.4 Å². The summed E-state index contributed by atoms with van der Waals surface area (Å²) in [7, 11) is -3.76. The van der Waals surface area contributed by atoms with Crippen molar-refractivity contribution in [3.05, 3.63) is 18.2 Å². The fourth-order valence-corrected chi connectivity index (χ4v) is 3.32. The Morgan fingerprint density at radius 3 is 2.52 bits per heavy atom. The summed E-state index contributed by atoms with van der Waals surface area (Å²) in [6.07, 6.45) is 3.85. The summed E-state index contributed by atoms with van der Waals surface area (Å²) in [5, 5.41) is 8.40. The third-order valence-corrected chi connectivity index (χ3v) is 4.92. The first-order valence-electron chi connectivity index (χ1n) is 7.28. The number of nitrogen functional groups attached to an aromatic ring is 1. The van der Waals surface area contributed by atoms with E-state index in [4.69, 9.17) is 10.9 Å². The SMILES string of the molecule is CC(CNc1ccc(S(N)(=O)=O)c(N)c1)N1CCCCC1. The van der Waals surface area contributed by atoms with Gasteiger partial charge in [0, 0.05) is 18.3 Å². The normalized spacial score (nSPS) is 18.4. The molecule has 0 radical (unpaired) electrons. The highest BCUT2D eigenvalue weighted by Crippen LogP contribution is 2.21. The van der Waals surface area contributed by atoms with Crippen LogP contribution in [0.15, 0.2) is 23.1 Å². The van der Waals surface area contributed by atoms with Crippen molar-refractivity contribution in [2.24, 2.45) is 5.14 Å². The summed E-state index contributed by atoms with van der Waals surface area (Å²) >= 11 is 0. The molecular weight excluding hydrogens is 288 g/mol. The lowest BCUT2D eigenvalue weighted by atomic mass is 10.1. The molecule has 1 saturated heterocycles. The highest BCUT2D eigenvalue weighted by molar-refractivity contribution is 7.89. The Hall–Kier alpha value is -1.31. The molecule has 0 aliphatic carbocycles. The van der Waals surface area contributed by atoms with E-state index in [1.54, 1.807) is 12.1 Å². The number of benzene rings is 1. The zero-order chi connectivity index (χ0) is 15.5. The van der Waals surface area contributed by atoms with Crippen LogP contribution < -0.4 is 16.2 Å². The number of hydrogen-bond donors (Lipinski definition) is 3. The van der Waals surface area contributed by atoms with Crippen LogP contribution in [-0.4, -0.2) is 39.0 Å². The van der Waals surface area contributed by atoms with Gasteiger partial charge in [-0.3, -0.25) is 4.90 Å². The largest absolute Gasteiger partial charge is 0.398 e. The fraction of sp³-hybridized carbons (Fsp3) is 0.571. The molecule has 7 heteroatoms. The number of piperidine rings is 1. The van der Waals surface area contributed by atoms with Gasteiger partial charge in [0.2, 0.25) is 10.0 Å². The molecule has 1 unspecified atom stereocenters. The quantitative estimate of drug-likeness (QED) is 0.709. The Balaban J connectivity index is 1.96. The first-order valence-corrected chi connectivity index (χ1v) is 8.83. The number of nitrogens with two attached hydrogens (primary N) is 2. The molecule has 0 saturated carbocycles. The number of rotatable bonds is 5. The van der Waals surface area contributed by atoms with Crippen LogP contribution in [0.3, 0.4) is 0 Å². The molecule has 1 aliphatic heterocycles. The van der Waals surface area contributed by atoms with E-state index < -0.39 is 10.0 Å². The zero-order valence-electron chi connectivity index (χ0n) is 12.4. The van der Waals surface area contributed by atoms with Crippen LogP contribution in [-0.2, 0) is 10.0 Å². The lowest BCUT2D eigenvalue weighted by molar-refractivity contribution is 0.180. The summed E-state index contributed by atoms with van der Waals surface area (Å²) < 4.78 is 22.6. The van der Waals surface area contributed by atoms with Crippen molar-refractivity contribution in [1.82, 2.24) is 4.90 Å². The number of anilines is 2. The molecule has 6 nitrogen and oxygen atoms in total. The van der Waals surface area contributed by atoms with Gasteiger partial charge in [0.05, 0.1) is 5.69 Å². The average molecular weight is 312 g/mol. The molecule has 5 N–H and O–H groups in total. The summed E-state index contributed by atoms with van der Waals surface area (Å²) in [6.45, 7) is 5.29. The number of nitrogens with zero attached hydrogens (tertiary/aromatic N) is 1. The third kappa shape index (κ3) is 4.33. The second kappa shape index (κ2) is 6.64. The summed E-state index contributed by atoms with van der Waals surface area (Å²) in [6, 6.07) is 5.18. The minimum absolute atomic E-state index is 0.0304. The molecule has 2 rings (SSSR count). The first kappa shape index (κ1) is 16.1. The first-order chi connectivity index (χ1) is 9.88. The van der Waals surface area contributed by atoms with Gasteiger partial charge in [0.15, 0.2) is 0 Å². The monoisotopic (exact) mass is 312 g/mol. The van der Waals surface area contributed by atoms with E-state index in [0.29, 0.717) is 6.04 Å². The van der Waals surface area contributed by atoms with E-state index in [1.807, 2.05) is 0 Å². The molecule has 0 spiro atoms. The van der Waals surface area contributed by atoms with Crippen molar-refractivity contribution in [2.75, 3.05) is 30.7 Å². The second-order valence-electron chi connectivity index (χ2n) is 5.62. The fourth-order valence-electron chi connectivity index (χ4n) is 2.67. The maximum Gasteiger partial charge on any atom is 0.240 e. The van der Waals surface area contributed by atoms with Gasteiger partial charge in [-0.1, -0.05) is 6.42 Å². The van der Waals surface area contributed by atoms with E-state index in [0.717, 1.165) is 25.3 Å². The van der Waals surface area contributed by atoms with Gasteiger partial charge in [-0.05, 0) is 51.1 Å². The predicted octanol–water partition coefficient (Wildman–Crippen LogP) is 1.20. The summed E-state index contributed by atoms with van der Waals surface area (Å²) in [5.41, 5.74) is 6.73. The Labute approximate surface area is 126 Å². The predicted molar refractivity (Wildman–Crippen MR) is 85.6 cm³/mol. The Morgan fingerprint density at radius 1 is 1.29 bits per heavy atom. The molecule has 1 atom stereocenters. The minimum Gasteiger partial charge on any atom is -0.398 e. The van der Waals surface area contributed by atoms with Gasteiger partial charge in [-0.25, -0.2) is 13.6 Å². The van der Waals surface area contributed by atoms with E-state index >= 15 is 0 Å². The average Bonchev–Trinajstić information content (AvgIpc) is 2.44. The van der Waals surface area contributed by atoms with Crippen molar-refractivity contribution in [2.45, 2.75) is 37.1 Å². The minimum atomic E-state index is -3.76. The van der Waals surface area contributed by atoms with E-state index in [-0.39, 0.29) is 10.6 Å². The maximum absolute atomic E-state index is 11.3. The number of hydrogen-bond acceptors (Lipinski definition) is 5. The molecular formula is C14H24N4O2S. The number of nitrogens with one attached hydrogen (secondary N) is 1. The van der Waals surface area contributed by atoms with Crippen molar-refractivity contribution in [3.63, 3.8) is 0 Å². The van der Waals surface area contributed by atoms with Gasteiger partial charge >= 0.3 is 0 Å². The molecule has 1 aromatic rings. The van der Waals surface area contributed by atoms with E-state index in [2.05, 4.69) is 17.1 Å². The summed E-state index contributed by atoms with van der Waals surface area (Å²) in [5.74, 6) is 0. The molecule has 0 amide bonds. The van der Waals surface area contributed by atoms with Crippen LogP contribution in [0, 0.1) is 0 Å². The van der Waals surface area contributed by atoms with Crippen LogP contribution in [0.2, 0.25) is 0 Å². The lowest BCUT2D eigenvalue weighted by Gasteiger charge is -2.32. The van der Waals surface area contributed by atoms with Gasteiger partial charge in [-0.2, -0.15) is 0 Å². The number of likely N-dealkylation sites (tertiary alicyclic amines) is 1. The zero-order valence-corrected chi connectivity index (χ0v) is 13.2. The summed E-state index contributed by atoms with van der Waals surface area (Å²) in [4.78, 5) is 2.44. The van der Waals surface area contributed by atoms with Gasteiger partial charge < -0.3 is 11.1 Å². The van der Waals surface area contributed by atoms with Crippen LogP contribution in [0.25, 0.3) is 0 Å². The van der Waals surface area contributed by atoms with Gasteiger partial charge in [0.25, 0.3) is 0 Å².